The molecule has 1 fully saturated rings. The molecule has 1 aliphatic carbocycles. The topological polar surface area (TPSA) is 0 Å². The molecule has 3 unspecified atom stereocenters. The summed E-state index contributed by atoms with van der Waals surface area (Å²) in [5.74, 6) is 4.04. The molecule has 3 atom stereocenters. The fourth-order valence-electron chi connectivity index (χ4n) is 2.20. The Bertz CT molecular complexity index is 137. The Labute approximate surface area is 84.1 Å². The van der Waals surface area contributed by atoms with E-state index in [0.717, 1.165) is 23.7 Å². The summed E-state index contributed by atoms with van der Waals surface area (Å²) in [7, 11) is 0. The molecule has 0 heterocycles. The van der Waals surface area contributed by atoms with E-state index in [0.29, 0.717) is 0 Å². The fourth-order valence-corrected chi connectivity index (χ4v) is 2.20. The monoisotopic (exact) mass is 182 g/mol. The summed E-state index contributed by atoms with van der Waals surface area (Å²) in [6, 6.07) is 0. The molecule has 1 rings (SSSR count). The van der Waals surface area contributed by atoms with Crippen molar-refractivity contribution < 1.29 is 0 Å². The van der Waals surface area contributed by atoms with Crippen LogP contribution in [-0.4, -0.2) is 0 Å². The molecule has 0 aromatic heterocycles. The van der Waals surface area contributed by atoms with Gasteiger partial charge in [0.1, 0.15) is 0 Å². The zero-order valence-corrected chi connectivity index (χ0v) is 9.84. The van der Waals surface area contributed by atoms with Crippen molar-refractivity contribution in [3.63, 3.8) is 0 Å². The van der Waals surface area contributed by atoms with Gasteiger partial charge in [-0.1, -0.05) is 47.0 Å². The Kier molecular flexibility index (Phi) is 4.28. The van der Waals surface area contributed by atoms with E-state index in [-0.39, 0.29) is 0 Å². The van der Waals surface area contributed by atoms with Gasteiger partial charge in [0, 0.05) is 0 Å². The van der Waals surface area contributed by atoms with Crippen molar-refractivity contribution in [2.45, 2.75) is 59.8 Å². The van der Waals surface area contributed by atoms with Crippen LogP contribution in [0.25, 0.3) is 0 Å². The van der Waals surface area contributed by atoms with E-state index in [4.69, 9.17) is 0 Å². The van der Waals surface area contributed by atoms with Gasteiger partial charge in [-0.3, -0.25) is 0 Å². The molecule has 0 aromatic rings. The highest BCUT2D eigenvalue weighted by Gasteiger charge is 2.35. The maximum atomic E-state index is 2.40. The third kappa shape index (κ3) is 3.70. The van der Waals surface area contributed by atoms with Crippen LogP contribution in [0.1, 0.15) is 59.8 Å². The van der Waals surface area contributed by atoms with Crippen molar-refractivity contribution in [2.75, 3.05) is 0 Å². The molecule has 0 radical (unpaired) electrons. The summed E-state index contributed by atoms with van der Waals surface area (Å²) in [5.41, 5.74) is 0. The summed E-state index contributed by atoms with van der Waals surface area (Å²) in [4.78, 5) is 0. The van der Waals surface area contributed by atoms with Gasteiger partial charge in [0.2, 0.25) is 0 Å². The Morgan fingerprint density at radius 3 is 2.23 bits per heavy atom. The van der Waals surface area contributed by atoms with Gasteiger partial charge < -0.3 is 0 Å². The van der Waals surface area contributed by atoms with Crippen LogP contribution in [0, 0.1) is 23.7 Å². The second-order valence-corrected chi connectivity index (χ2v) is 5.34. The lowest BCUT2D eigenvalue weighted by atomic mass is 9.92. The molecular weight excluding hydrogens is 156 g/mol. The van der Waals surface area contributed by atoms with Crippen LogP contribution in [-0.2, 0) is 0 Å². The van der Waals surface area contributed by atoms with Crippen molar-refractivity contribution in [1.82, 2.24) is 0 Å². The number of hydrogen-bond acceptors (Lipinski definition) is 0. The first-order chi connectivity index (χ1) is 6.15. The molecule has 0 bridgehead atoms. The van der Waals surface area contributed by atoms with Crippen molar-refractivity contribution in [3.05, 3.63) is 0 Å². The Morgan fingerprint density at radius 1 is 1.08 bits per heavy atom. The number of hydrogen-bond donors (Lipinski definition) is 0. The van der Waals surface area contributed by atoms with E-state index in [2.05, 4.69) is 27.7 Å². The predicted molar refractivity (Wildman–Crippen MR) is 59.7 cm³/mol. The summed E-state index contributed by atoms with van der Waals surface area (Å²) in [5, 5.41) is 0. The molecule has 0 saturated heterocycles. The molecule has 1 aliphatic rings. The first-order valence-electron chi connectivity index (χ1n) is 6.15. The van der Waals surface area contributed by atoms with Crippen molar-refractivity contribution >= 4 is 0 Å². The molecule has 0 heteroatoms. The van der Waals surface area contributed by atoms with Crippen LogP contribution < -0.4 is 0 Å². The largest absolute Gasteiger partial charge is 0.0654 e. The Hall–Kier alpha value is 0. The standard InChI is InChI=1S/C13H26/c1-5-6-12-9-13(12)8-7-11(4)10(2)3/h10-13H,5-9H2,1-4H3. The second-order valence-electron chi connectivity index (χ2n) is 5.34. The predicted octanol–water partition coefficient (Wildman–Crippen LogP) is 4.49. The normalized spacial score (nSPS) is 29.3. The van der Waals surface area contributed by atoms with E-state index in [1.807, 2.05) is 0 Å². The molecule has 0 N–H and O–H groups in total. The van der Waals surface area contributed by atoms with Crippen molar-refractivity contribution in [2.24, 2.45) is 23.7 Å². The Morgan fingerprint density at radius 2 is 1.69 bits per heavy atom. The van der Waals surface area contributed by atoms with Crippen molar-refractivity contribution in [1.29, 1.82) is 0 Å². The van der Waals surface area contributed by atoms with Gasteiger partial charge in [-0.25, -0.2) is 0 Å². The maximum Gasteiger partial charge on any atom is -0.0383 e. The van der Waals surface area contributed by atoms with E-state index in [1.165, 1.54) is 25.7 Å². The first-order valence-corrected chi connectivity index (χ1v) is 6.15. The average molecular weight is 182 g/mol. The third-order valence-corrected chi connectivity index (χ3v) is 3.86. The summed E-state index contributed by atoms with van der Waals surface area (Å²) < 4.78 is 0. The van der Waals surface area contributed by atoms with Gasteiger partial charge >= 0.3 is 0 Å². The van der Waals surface area contributed by atoms with Crippen LogP contribution in [0.15, 0.2) is 0 Å². The van der Waals surface area contributed by atoms with Crippen LogP contribution in [0.2, 0.25) is 0 Å². The minimum Gasteiger partial charge on any atom is -0.0654 e. The lowest BCUT2D eigenvalue weighted by molar-refractivity contribution is 0.368. The average Bonchev–Trinajstić information content (AvgIpc) is 2.80. The smallest absolute Gasteiger partial charge is 0.0383 e. The Balaban J connectivity index is 2.02. The highest BCUT2D eigenvalue weighted by Crippen LogP contribution is 2.45. The summed E-state index contributed by atoms with van der Waals surface area (Å²) >= 11 is 0. The molecular formula is C13H26. The first kappa shape index (κ1) is 11.1. The molecule has 0 amide bonds. The lowest BCUT2D eigenvalue weighted by Gasteiger charge is -2.14. The van der Waals surface area contributed by atoms with Gasteiger partial charge in [-0.15, -0.1) is 0 Å². The molecule has 0 aromatic carbocycles. The molecule has 0 spiro atoms. The zero-order valence-electron chi connectivity index (χ0n) is 9.84. The molecule has 13 heavy (non-hydrogen) atoms. The quantitative estimate of drug-likeness (QED) is 0.567. The SMILES string of the molecule is CCCC1CC1CCC(C)C(C)C. The van der Waals surface area contributed by atoms with E-state index in [1.54, 1.807) is 6.42 Å². The summed E-state index contributed by atoms with van der Waals surface area (Å²) in [6.07, 6.45) is 7.38. The van der Waals surface area contributed by atoms with Gasteiger partial charge in [-0.05, 0) is 36.5 Å². The van der Waals surface area contributed by atoms with Crippen LogP contribution >= 0.6 is 0 Å². The van der Waals surface area contributed by atoms with Gasteiger partial charge in [0.15, 0.2) is 0 Å². The third-order valence-electron chi connectivity index (χ3n) is 3.86. The minimum absolute atomic E-state index is 0.878. The minimum atomic E-state index is 0.878. The summed E-state index contributed by atoms with van der Waals surface area (Å²) in [6.45, 7) is 9.41. The van der Waals surface area contributed by atoms with Gasteiger partial charge in [0.25, 0.3) is 0 Å². The van der Waals surface area contributed by atoms with E-state index >= 15 is 0 Å². The highest BCUT2D eigenvalue weighted by molar-refractivity contribution is 4.85. The maximum absolute atomic E-state index is 2.40. The molecule has 78 valence electrons. The lowest BCUT2D eigenvalue weighted by Crippen LogP contribution is -2.04. The van der Waals surface area contributed by atoms with E-state index in [9.17, 15) is 0 Å². The van der Waals surface area contributed by atoms with Gasteiger partial charge in [0.05, 0.1) is 0 Å². The van der Waals surface area contributed by atoms with Crippen LogP contribution in [0.4, 0.5) is 0 Å². The second kappa shape index (κ2) is 5.02. The molecule has 1 saturated carbocycles. The fraction of sp³-hybridized carbons (Fsp3) is 1.00. The highest BCUT2D eigenvalue weighted by atomic mass is 14.4. The van der Waals surface area contributed by atoms with Gasteiger partial charge in [-0.2, -0.15) is 0 Å². The molecule has 0 nitrogen and oxygen atoms in total. The van der Waals surface area contributed by atoms with Crippen molar-refractivity contribution in [3.8, 4) is 0 Å². The van der Waals surface area contributed by atoms with E-state index < -0.39 is 0 Å². The molecule has 0 aliphatic heterocycles. The zero-order chi connectivity index (χ0) is 9.84. The number of rotatable bonds is 6. The van der Waals surface area contributed by atoms with Crippen LogP contribution in [0.3, 0.4) is 0 Å². The van der Waals surface area contributed by atoms with Crippen LogP contribution in [0.5, 0.6) is 0 Å².